The first-order chi connectivity index (χ1) is 15.9. The Morgan fingerprint density at radius 2 is 2.03 bits per heavy atom. The Morgan fingerprint density at radius 3 is 2.79 bits per heavy atom. The highest BCUT2D eigenvalue weighted by Crippen LogP contribution is 2.47. The topological polar surface area (TPSA) is 50.6 Å². The van der Waals surface area contributed by atoms with Gasteiger partial charge in [0.2, 0.25) is 0 Å². The van der Waals surface area contributed by atoms with Crippen molar-refractivity contribution in [1.82, 2.24) is 14.5 Å². The molecule has 0 aliphatic carbocycles. The zero-order chi connectivity index (χ0) is 23.2. The summed E-state index contributed by atoms with van der Waals surface area (Å²) in [4.78, 5) is 22.1. The number of piperidine rings is 1. The number of anilines is 1. The van der Waals surface area contributed by atoms with Gasteiger partial charge in [0.25, 0.3) is 0 Å². The molecule has 3 heterocycles. The number of amides is 1. The summed E-state index contributed by atoms with van der Waals surface area (Å²) in [5.74, 6) is 1.27. The number of hydrogen-bond donors (Lipinski definition) is 0. The third-order valence-corrected chi connectivity index (χ3v) is 6.67. The summed E-state index contributed by atoms with van der Waals surface area (Å²) in [5, 5.41) is 0. The molecule has 0 unspecified atom stereocenters. The summed E-state index contributed by atoms with van der Waals surface area (Å²) in [5.41, 5.74) is 1.18. The van der Waals surface area contributed by atoms with Crippen molar-refractivity contribution in [2.24, 2.45) is 0 Å². The highest BCUT2D eigenvalue weighted by atomic mass is 19.1. The van der Waals surface area contributed by atoms with Gasteiger partial charge in [0.15, 0.2) is 0 Å². The molecule has 0 saturated carbocycles. The lowest BCUT2D eigenvalue weighted by molar-refractivity contribution is 0.0967. The van der Waals surface area contributed by atoms with Gasteiger partial charge in [0.05, 0.1) is 6.10 Å². The van der Waals surface area contributed by atoms with Gasteiger partial charge in [-0.3, -0.25) is 14.4 Å². The molecule has 1 amide bonds. The van der Waals surface area contributed by atoms with Crippen LogP contribution in [0.2, 0.25) is 0 Å². The Bertz CT molecular complexity index is 1180. The van der Waals surface area contributed by atoms with Crippen LogP contribution in [-0.4, -0.2) is 39.2 Å². The first-order valence-corrected chi connectivity index (χ1v) is 11.5. The van der Waals surface area contributed by atoms with Crippen LogP contribution in [0, 0.1) is 5.82 Å². The second-order valence-corrected chi connectivity index (χ2v) is 9.34. The number of aromatic nitrogens is 2. The third kappa shape index (κ3) is 3.80. The number of fused-ring (bicyclic) bond motifs is 2. The molecular formula is C26H29FN4O2. The third-order valence-electron chi connectivity index (χ3n) is 6.67. The number of rotatable bonds is 5. The standard InChI is InChI=1S/C26H29FN4O2/c1-18(2)33-23-9-4-6-20(14-23)17-29-12-10-26(16-19(29)3)24-28-11-13-30(24)25(32)31(26)22-8-5-7-21(27)15-22/h4-9,11,13-15,18-19H,10,12,16-17H2,1-3H3/t19-,26-/m0/s1. The Morgan fingerprint density at radius 1 is 1.21 bits per heavy atom. The second kappa shape index (κ2) is 8.30. The maximum atomic E-state index is 14.1. The molecule has 5 rings (SSSR count). The Kier molecular flexibility index (Phi) is 5.44. The average Bonchev–Trinajstić information content (AvgIpc) is 3.33. The molecule has 0 bridgehead atoms. The maximum absolute atomic E-state index is 14.1. The number of likely N-dealkylation sites (tertiary alicyclic amines) is 1. The van der Waals surface area contributed by atoms with Crippen molar-refractivity contribution in [3.05, 3.63) is 78.1 Å². The first kappa shape index (κ1) is 21.6. The van der Waals surface area contributed by atoms with E-state index in [4.69, 9.17) is 4.74 Å². The van der Waals surface area contributed by atoms with E-state index in [1.54, 1.807) is 34.0 Å². The van der Waals surface area contributed by atoms with Gasteiger partial charge in [-0.25, -0.2) is 14.2 Å². The summed E-state index contributed by atoms with van der Waals surface area (Å²) in [6, 6.07) is 14.5. The summed E-state index contributed by atoms with van der Waals surface area (Å²) in [7, 11) is 0. The largest absolute Gasteiger partial charge is 0.491 e. The molecule has 33 heavy (non-hydrogen) atoms. The molecule has 2 aliphatic rings. The van der Waals surface area contributed by atoms with Crippen LogP contribution in [0.25, 0.3) is 0 Å². The van der Waals surface area contributed by atoms with E-state index in [1.165, 1.54) is 17.7 Å². The number of carbonyl (C=O) groups is 1. The van der Waals surface area contributed by atoms with E-state index in [1.807, 2.05) is 26.0 Å². The predicted octanol–water partition coefficient (Wildman–Crippen LogP) is 5.18. The molecule has 1 fully saturated rings. The molecule has 7 heteroatoms. The smallest absolute Gasteiger partial charge is 0.335 e. The van der Waals surface area contributed by atoms with Crippen molar-refractivity contribution in [2.45, 2.75) is 57.8 Å². The fourth-order valence-corrected chi connectivity index (χ4v) is 5.30. The number of nitrogens with zero attached hydrogens (tertiary/aromatic N) is 4. The van der Waals surface area contributed by atoms with Crippen LogP contribution in [0.1, 0.15) is 45.0 Å². The minimum Gasteiger partial charge on any atom is -0.491 e. The quantitative estimate of drug-likeness (QED) is 0.540. The van der Waals surface area contributed by atoms with E-state index in [0.29, 0.717) is 12.1 Å². The van der Waals surface area contributed by atoms with E-state index in [-0.39, 0.29) is 24.0 Å². The van der Waals surface area contributed by atoms with Gasteiger partial charge in [-0.2, -0.15) is 0 Å². The van der Waals surface area contributed by atoms with Gasteiger partial charge >= 0.3 is 6.03 Å². The molecule has 3 aromatic rings. The van der Waals surface area contributed by atoms with Crippen molar-refractivity contribution in [2.75, 3.05) is 11.4 Å². The number of ether oxygens (including phenoxy) is 1. The van der Waals surface area contributed by atoms with E-state index in [0.717, 1.165) is 31.1 Å². The van der Waals surface area contributed by atoms with Crippen LogP contribution in [0.3, 0.4) is 0 Å². The highest BCUT2D eigenvalue weighted by molar-refractivity contribution is 5.98. The van der Waals surface area contributed by atoms with Gasteiger partial charge < -0.3 is 4.74 Å². The molecule has 6 nitrogen and oxygen atoms in total. The lowest BCUT2D eigenvalue weighted by atomic mass is 9.81. The molecule has 2 aromatic carbocycles. The summed E-state index contributed by atoms with van der Waals surface area (Å²) in [6.45, 7) is 7.83. The van der Waals surface area contributed by atoms with Crippen molar-refractivity contribution in [3.63, 3.8) is 0 Å². The number of hydrogen-bond acceptors (Lipinski definition) is 4. The van der Waals surface area contributed by atoms with E-state index >= 15 is 0 Å². The summed E-state index contributed by atoms with van der Waals surface area (Å²) in [6.07, 6.45) is 4.95. The van der Waals surface area contributed by atoms with Crippen molar-refractivity contribution in [1.29, 1.82) is 0 Å². The number of imidazole rings is 1. The highest BCUT2D eigenvalue weighted by Gasteiger charge is 2.54. The Balaban J connectivity index is 1.42. The molecule has 0 N–H and O–H groups in total. The lowest BCUT2D eigenvalue weighted by Crippen LogP contribution is -2.54. The van der Waals surface area contributed by atoms with Crippen molar-refractivity contribution in [3.8, 4) is 5.75 Å². The maximum Gasteiger partial charge on any atom is 0.335 e. The normalized spacial score (nSPS) is 22.9. The van der Waals surface area contributed by atoms with Gasteiger partial charge in [-0.1, -0.05) is 18.2 Å². The fourth-order valence-electron chi connectivity index (χ4n) is 5.30. The monoisotopic (exact) mass is 448 g/mol. The molecule has 0 radical (unpaired) electrons. The van der Waals surface area contributed by atoms with E-state index in [9.17, 15) is 9.18 Å². The van der Waals surface area contributed by atoms with Crippen LogP contribution >= 0.6 is 0 Å². The van der Waals surface area contributed by atoms with Crippen LogP contribution in [0.5, 0.6) is 5.75 Å². The number of carbonyl (C=O) groups excluding carboxylic acids is 1. The predicted molar refractivity (Wildman–Crippen MR) is 125 cm³/mol. The van der Waals surface area contributed by atoms with Crippen LogP contribution in [0.4, 0.5) is 14.9 Å². The zero-order valence-electron chi connectivity index (χ0n) is 19.2. The van der Waals surface area contributed by atoms with Gasteiger partial charge in [-0.05, 0) is 69.5 Å². The number of halogens is 1. The van der Waals surface area contributed by atoms with Crippen molar-refractivity contribution >= 4 is 11.7 Å². The Labute approximate surface area is 193 Å². The molecule has 2 aliphatic heterocycles. The van der Waals surface area contributed by atoms with E-state index < -0.39 is 5.54 Å². The molecular weight excluding hydrogens is 419 g/mol. The Hall–Kier alpha value is -3.19. The molecule has 1 spiro atoms. The van der Waals surface area contributed by atoms with Gasteiger partial charge in [0, 0.05) is 37.2 Å². The SMILES string of the molecule is CC(C)Oc1cccc(CN2CC[C@]3(C[C@@H]2C)c2nccn2C(=O)N3c2cccc(F)c2)c1. The molecule has 172 valence electrons. The van der Waals surface area contributed by atoms with Crippen LogP contribution < -0.4 is 9.64 Å². The first-order valence-electron chi connectivity index (χ1n) is 11.5. The summed E-state index contributed by atoms with van der Waals surface area (Å²) < 4.78 is 21.5. The molecule has 1 saturated heterocycles. The van der Waals surface area contributed by atoms with Crippen LogP contribution in [0.15, 0.2) is 60.9 Å². The average molecular weight is 449 g/mol. The minimum atomic E-state index is -0.590. The van der Waals surface area contributed by atoms with Crippen LogP contribution in [-0.2, 0) is 12.1 Å². The lowest BCUT2D eigenvalue weighted by Gasteiger charge is -2.46. The molecule has 2 atom stereocenters. The number of benzene rings is 2. The zero-order valence-corrected chi connectivity index (χ0v) is 19.2. The molecule has 1 aromatic heterocycles. The summed E-state index contributed by atoms with van der Waals surface area (Å²) >= 11 is 0. The fraction of sp³-hybridized carbons (Fsp3) is 0.385. The van der Waals surface area contributed by atoms with E-state index in [2.05, 4.69) is 28.9 Å². The minimum absolute atomic E-state index is 0.131. The van der Waals surface area contributed by atoms with Crippen molar-refractivity contribution < 1.29 is 13.9 Å². The van der Waals surface area contributed by atoms with Gasteiger partial charge in [0.1, 0.15) is 22.9 Å². The van der Waals surface area contributed by atoms with Gasteiger partial charge in [-0.15, -0.1) is 0 Å². The second-order valence-electron chi connectivity index (χ2n) is 9.34.